The normalized spacial score (nSPS) is 17.6. The third-order valence-electron chi connectivity index (χ3n) is 6.50. The fourth-order valence-electron chi connectivity index (χ4n) is 4.53. The summed E-state index contributed by atoms with van der Waals surface area (Å²) in [6, 6.07) is 11.0. The minimum absolute atomic E-state index is 0.0323. The first kappa shape index (κ1) is 25.7. The van der Waals surface area contributed by atoms with E-state index in [-0.39, 0.29) is 35.7 Å². The molecule has 0 bridgehead atoms. The molecule has 36 heavy (non-hydrogen) atoms. The average Bonchev–Trinajstić information content (AvgIpc) is 2.89. The molecule has 3 aromatic carbocycles. The Labute approximate surface area is 206 Å². The second kappa shape index (κ2) is 11.1. The van der Waals surface area contributed by atoms with Crippen molar-refractivity contribution >= 4 is 5.97 Å². The summed E-state index contributed by atoms with van der Waals surface area (Å²) in [7, 11) is 1.66. The van der Waals surface area contributed by atoms with Gasteiger partial charge in [-0.1, -0.05) is 24.3 Å². The van der Waals surface area contributed by atoms with Crippen molar-refractivity contribution in [3.8, 4) is 22.6 Å². The molecule has 1 aliphatic rings. The number of methoxy groups -OCH3 is 1. The Morgan fingerprint density at radius 1 is 0.833 bits per heavy atom. The predicted molar refractivity (Wildman–Crippen MR) is 126 cm³/mol. The van der Waals surface area contributed by atoms with Crippen molar-refractivity contribution in [3.05, 3.63) is 82.9 Å². The van der Waals surface area contributed by atoms with Crippen molar-refractivity contribution in [1.29, 1.82) is 0 Å². The molecule has 0 heterocycles. The second-order valence-electron chi connectivity index (χ2n) is 8.63. The molecule has 190 valence electrons. The lowest BCUT2D eigenvalue weighted by Crippen LogP contribution is -2.20. The minimum atomic E-state index is -1.38. The Kier molecular flexibility index (Phi) is 7.94. The van der Waals surface area contributed by atoms with Crippen molar-refractivity contribution in [3.63, 3.8) is 0 Å². The summed E-state index contributed by atoms with van der Waals surface area (Å²) >= 11 is 0. The van der Waals surface area contributed by atoms with Crippen LogP contribution in [0.2, 0.25) is 0 Å². The van der Waals surface area contributed by atoms with Crippen LogP contribution in [0.3, 0.4) is 0 Å². The molecule has 0 spiro atoms. The van der Waals surface area contributed by atoms with Crippen LogP contribution in [0.4, 0.5) is 17.6 Å². The van der Waals surface area contributed by atoms with Crippen LogP contribution in [-0.2, 0) is 4.74 Å². The van der Waals surface area contributed by atoms with E-state index in [2.05, 4.69) is 0 Å². The Balaban J connectivity index is 1.48. The van der Waals surface area contributed by atoms with Crippen molar-refractivity contribution in [1.82, 2.24) is 0 Å². The second-order valence-corrected chi connectivity index (χ2v) is 8.63. The van der Waals surface area contributed by atoms with Crippen LogP contribution >= 0.6 is 0 Å². The topological polar surface area (TPSA) is 44.8 Å². The smallest absolute Gasteiger partial charge is 0.346 e. The Hall–Kier alpha value is -3.39. The van der Waals surface area contributed by atoms with Crippen molar-refractivity contribution in [2.45, 2.75) is 44.6 Å². The number of hydrogen-bond donors (Lipinski definition) is 0. The first-order chi connectivity index (χ1) is 17.3. The molecule has 0 aromatic heterocycles. The lowest BCUT2D eigenvalue weighted by atomic mass is 9.82. The molecule has 4 rings (SSSR count). The fourth-order valence-corrected chi connectivity index (χ4v) is 4.53. The molecule has 0 atom stereocenters. The summed E-state index contributed by atoms with van der Waals surface area (Å²) < 4.78 is 73.7. The van der Waals surface area contributed by atoms with Gasteiger partial charge < -0.3 is 14.2 Å². The quantitative estimate of drug-likeness (QED) is 0.195. The zero-order chi connectivity index (χ0) is 25.8. The lowest BCUT2D eigenvalue weighted by molar-refractivity contribution is 0.0655. The van der Waals surface area contributed by atoms with Crippen LogP contribution in [0.1, 0.15) is 54.4 Å². The molecule has 0 aliphatic heterocycles. The molecular weight excluding hydrogens is 476 g/mol. The van der Waals surface area contributed by atoms with Gasteiger partial charge in [-0.3, -0.25) is 0 Å². The number of halogens is 4. The van der Waals surface area contributed by atoms with Crippen molar-refractivity contribution in [2.75, 3.05) is 13.7 Å². The average molecular weight is 503 g/mol. The SMILES string of the molecule is CCOc1ccc(C(=O)Oc2ccc(-c3ccc(C4CCC(OC)CC4)c(F)c3F)cc2)c(F)c1F. The maximum atomic E-state index is 15.0. The zero-order valence-corrected chi connectivity index (χ0v) is 20.0. The van der Waals surface area contributed by atoms with Gasteiger partial charge in [0, 0.05) is 12.7 Å². The molecule has 1 fully saturated rings. The van der Waals surface area contributed by atoms with Crippen LogP contribution in [0.5, 0.6) is 11.5 Å². The number of carbonyl (C=O) groups excluding carboxylic acids is 1. The van der Waals surface area contributed by atoms with Gasteiger partial charge in [-0.2, -0.15) is 4.39 Å². The van der Waals surface area contributed by atoms with Gasteiger partial charge in [0.1, 0.15) is 5.75 Å². The number of rotatable bonds is 7. The number of carbonyl (C=O) groups is 1. The third kappa shape index (κ3) is 5.23. The Morgan fingerprint density at radius 3 is 2.17 bits per heavy atom. The monoisotopic (exact) mass is 502 g/mol. The first-order valence-corrected chi connectivity index (χ1v) is 11.8. The van der Waals surface area contributed by atoms with Gasteiger partial charge in [-0.25, -0.2) is 18.0 Å². The van der Waals surface area contributed by atoms with Gasteiger partial charge in [0.05, 0.1) is 18.3 Å². The highest BCUT2D eigenvalue weighted by Crippen LogP contribution is 2.38. The molecule has 3 aromatic rings. The van der Waals surface area contributed by atoms with E-state index in [9.17, 15) is 22.4 Å². The van der Waals surface area contributed by atoms with Crippen LogP contribution in [0.25, 0.3) is 11.1 Å². The first-order valence-electron chi connectivity index (χ1n) is 11.8. The number of esters is 1. The predicted octanol–water partition coefficient (Wildman–Crippen LogP) is 7.20. The summed E-state index contributed by atoms with van der Waals surface area (Å²) in [5.41, 5.74) is 0.211. The lowest BCUT2D eigenvalue weighted by Gasteiger charge is -2.28. The van der Waals surface area contributed by atoms with Crippen molar-refractivity contribution < 1.29 is 36.6 Å². The molecular formula is C28H26F4O4. The molecule has 0 amide bonds. The van der Waals surface area contributed by atoms with E-state index >= 15 is 0 Å². The maximum Gasteiger partial charge on any atom is 0.346 e. The highest BCUT2D eigenvalue weighted by molar-refractivity contribution is 5.91. The summed E-state index contributed by atoms with van der Waals surface area (Å²) in [5.74, 6) is -5.91. The highest BCUT2D eigenvalue weighted by Gasteiger charge is 2.26. The van der Waals surface area contributed by atoms with E-state index in [0.717, 1.165) is 37.8 Å². The summed E-state index contributed by atoms with van der Waals surface area (Å²) in [6.45, 7) is 1.75. The molecule has 0 saturated heterocycles. The van der Waals surface area contributed by atoms with Gasteiger partial charge in [0.25, 0.3) is 0 Å². The van der Waals surface area contributed by atoms with Gasteiger partial charge in [0.15, 0.2) is 23.2 Å². The molecule has 4 nitrogen and oxygen atoms in total. The zero-order valence-electron chi connectivity index (χ0n) is 20.0. The van der Waals surface area contributed by atoms with E-state index < -0.39 is 34.8 Å². The number of ether oxygens (including phenoxy) is 3. The van der Waals surface area contributed by atoms with E-state index in [1.807, 2.05) is 0 Å². The summed E-state index contributed by atoms with van der Waals surface area (Å²) in [6.07, 6.45) is 3.22. The highest BCUT2D eigenvalue weighted by atomic mass is 19.2. The summed E-state index contributed by atoms with van der Waals surface area (Å²) in [5, 5.41) is 0. The molecule has 1 saturated carbocycles. The Bertz CT molecular complexity index is 1240. The van der Waals surface area contributed by atoms with Crippen molar-refractivity contribution in [2.24, 2.45) is 0 Å². The number of hydrogen-bond acceptors (Lipinski definition) is 4. The molecule has 0 N–H and O–H groups in total. The summed E-state index contributed by atoms with van der Waals surface area (Å²) in [4.78, 5) is 12.4. The molecule has 1 aliphatic carbocycles. The van der Waals surface area contributed by atoms with Crippen LogP contribution in [-0.4, -0.2) is 25.8 Å². The Morgan fingerprint density at radius 2 is 1.53 bits per heavy atom. The van der Waals surface area contributed by atoms with Crippen LogP contribution in [0, 0.1) is 23.3 Å². The van der Waals surface area contributed by atoms with E-state index in [1.54, 1.807) is 20.1 Å². The van der Waals surface area contributed by atoms with Crippen LogP contribution < -0.4 is 9.47 Å². The molecule has 0 unspecified atom stereocenters. The fraction of sp³-hybridized carbons (Fsp3) is 0.321. The maximum absolute atomic E-state index is 15.0. The van der Waals surface area contributed by atoms with Gasteiger partial charge in [-0.15, -0.1) is 0 Å². The third-order valence-corrected chi connectivity index (χ3v) is 6.50. The minimum Gasteiger partial charge on any atom is -0.491 e. The van der Waals surface area contributed by atoms with E-state index in [1.165, 1.54) is 30.3 Å². The molecule has 8 heteroatoms. The van der Waals surface area contributed by atoms with E-state index in [4.69, 9.17) is 14.2 Å². The number of benzene rings is 3. The molecule has 0 radical (unpaired) electrons. The van der Waals surface area contributed by atoms with Gasteiger partial charge in [-0.05, 0) is 73.9 Å². The van der Waals surface area contributed by atoms with E-state index in [0.29, 0.717) is 11.1 Å². The largest absolute Gasteiger partial charge is 0.491 e. The van der Waals surface area contributed by atoms with Gasteiger partial charge >= 0.3 is 5.97 Å². The van der Waals surface area contributed by atoms with Crippen LogP contribution in [0.15, 0.2) is 48.5 Å². The van der Waals surface area contributed by atoms with Gasteiger partial charge in [0.2, 0.25) is 5.82 Å². The standard InChI is InChI=1S/C28H26F4O4/c1-3-35-23-15-14-22(26(31)27(23)32)28(33)36-19-10-6-17(7-11-19)21-13-12-20(24(29)25(21)30)16-4-8-18(34-2)9-5-16/h6-7,10-16,18H,3-5,8-9H2,1-2H3.